The lowest BCUT2D eigenvalue weighted by Gasteiger charge is -2.41. The third-order valence-corrected chi connectivity index (χ3v) is 5.03. The maximum Gasteiger partial charge on any atom is 0.433 e. The zero-order valence-electron chi connectivity index (χ0n) is 14.5. The van der Waals surface area contributed by atoms with Crippen LogP contribution in [0.25, 0.3) is 11.0 Å². The molecule has 0 aliphatic heterocycles. The van der Waals surface area contributed by atoms with Crippen molar-refractivity contribution in [3.63, 3.8) is 0 Å². The third kappa shape index (κ3) is 3.21. The Balaban J connectivity index is 1.64. The van der Waals surface area contributed by atoms with E-state index >= 15 is 0 Å². The van der Waals surface area contributed by atoms with Gasteiger partial charge in [-0.2, -0.15) is 22.0 Å². The van der Waals surface area contributed by atoms with Gasteiger partial charge >= 0.3 is 12.7 Å². The zero-order valence-corrected chi connectivity index (χ0v) is 14.5. The van der Waals surface area contributed by atoms with E-state index < -0.39 is 24.0 Å². The lowest BCUT2D eigenvalue weighted by molar-refractivity contribution is -0.141. The van der Waals surface area contributed by atoms with Crippen LogP contribution in [0.3, 0.4) is 0 Å². The van der Waals surface area contributed by atoms with Crippen LogP contribution in [0.2, 0.25) is 0 Å². The van der Waals surface area contributed by atoms with Gasteiger partial charge in [0.05, 0.1) is 23.1 Å². The minimum atomic E-state index is -4.58. The summed E-state index contributed by atoms with van der Waals surface area (Å²) in [7, 11) is 0. The Labute approximate surface area is 156 Å². The molecule has 0 atom stereocenters. The lowest BCUT2D eigenvalue weighted by atomic mass is 9.76. The van der Waals surface area contributed by atoms with E-state index in [-0.39, 0.29) is 18.2 Å². The molecule has 0 radical (unpaired) electrons. The summed E-state index contributed by atoms with van der Waals surface area (Å²) in [5.74, 6) is 0.128. The summed E-state index contributed by atoms with van der Waals surface area (Å²) in [6, 6.07) is 7.34. The first-order chi connectivity index (χ1) is 13.3. The number of aromatic nitrogens is 4. The minimum Gasteiger partial charge on any atom is -0.298 e. The summed E-state index contributed by atoms with van der Waals surface area (Å²) >= 11 is 0. The molecule has 28 heavy (non-hydrogen) atoms. The highest BCUT2D eigenvalue weighted by molar-refractivity contribution is 5.75. The number of alkyl halides is 5. The molecule has 10 heteroatoms. The van der Waals surface area contributed by atoms with Crippen LogP contribution in [0.1, 0.15) is 43.2 Å². The maximum absolute atomic E-state index is 13.6. The summed E-state index contributed by atoms with van der Waals surface area (Å²) < 4.78 is 66.9. The Hall–Kier alpha value is -2.62. The van der Waals surface area contributed by atoms with Crippen molar-refractivity contribution in [3.8, 4) is 0 Å². The summed E-state index contributed by atoms with van der Waals surface area (Å²) in [4.78, 5) is 11.9. The number of imidazole rings is 1. The molecule has 2 aromatic heterocycles. The second kappa shape index (κ2) is 6.77. The van der Waals surface area contributed by atoms with Gasteiger partial charge in [-0.15, -0.1) is 0 Å². The van der Waals surface area contributed by atoms with Gasteiger partial charge < -0.3 is 0 Å². The second-order valence-corrected chi connectivity index (χ2v) is 6.72. The van der Waals surface area contributed by atoms with Gasteiger partial charge in [0.1, 0.15) is 17.3 Å². The number of fused-ring (bicyclic) bond motifs is 1. The SMILES string of the molecule is FC(F)n1c(CNC2(c3nccc(C(F)(F)F)n3)CCC2)nc2ccccc21. The first-order valence-electron chi connectivity index (χ1n) is 8.70. The summed E-state index contributed by atoms with van der Waals surface area (Å²) in [5.41, 5.74) is -1.18. The molecule has 5 nitrogen and oxygen atoms in total. The van der Waals surface area contributed by atoms with Gasteiger partial charge in [0.2, 0.25) is 0 Å². The van der Waals surface area contributed by atoms with E-state index in [9.17, 15) is 22.0 Å². The van der Waals surface area contributed by atoms with E-state index in [2.05, 4.69) is 20.3 Å². The predicted octanol–water partition coefficient (Wildman–Crippen LogP) is 4.41. The summed E-state index contributed by atoms with van der Waals surface area (Å²) in [6.07, 6.45) is -1.70. The fourth-order valence-corrected chi connectivity index (χ4v) is 3.44. The molecule has 1 N–H and O–H groups in total. The number of nitrogens with zero attached hydrogens (tertiary/aromatic N) is 4. The van der Waals surface area contributed by atoms with Crippen molar-refractivity contribution in [2.24, 2.45) is 0 Å². The van der Waals surface area contributed by atoms with Crippen LogP contribution in [0.15, 0.2) is 36.5 Å². The van der Waals surface area contributed by atoms with E-state index in [0.717, 1.165) is 23.3 Å². The molecule has 0 unspecified atom stereocenters. The number of para-hydroxylation sites is 2. The van der Waals surface area contributed by atoms with Gasteiger partial charge in [-0.3, -0.25) is 9.88 Å². The van der Waals surface area contributed by atoms with Crippen molar-refractivity contribution in [2.45, 2.75) is 44.1 Å². The van der Waals surface area contributed by atoms with Crippen LogP contribution in [0.5, 0.6) is 0 Å². The van der Waals surface area contributed by atoms with Crippen LogP contribution in [0, 0.1) is 0 Å². The zero-order chi connectivity index (χ0) is 19.9. The van der Waals surface area contributed by atoms with Gasteiger partial charge in [0.25, 0.3) is 0 Å². The average molecular weight is 397 g/mol. The fourth-order valence-electron chi connectivity index (χ4n) is 3.44. The van der Waals surface area contributed by atoms with E-state index in [1.54, 1.807) is 24.3 Å². The Morgan fingerprint density at radius 2 is 1.86 bits per heavy atom. The molecule has 0 amide bonds. The van der Waals surface area contributed by atoms with Crippen LogP contribution in [-0.4, -0.2) is 19.5 Å². The predicted molar refractivity (Wildman–Crippen MR) is 90.4 cm³/mol. The number of nitrogens with one attached hydrogen (secondary N) is 1. The molecule has 1 fully saturated rings. The Morgan fingerprint density at radius 3 is 2.50 bits per heavy atom. The van der Waals surface area contributed by atoms with Gasteiger partial charge in [0, 0.05) is 6.20 Å². The molecule has 1 aromatic carbocycles. The van der Waals surface area contributed by atoms with Gasteiger partial charge in [-0.05, 0) is 37.5 Å². The Morgan fingerprint density at radius 1 is 1.11 bits per heavy atom. The first kappa shape index (κ1) is 18.7. The van der Waals surface area contributed by atoms with Crippen LogP contribution in [-0.2, 0) is 18.3 Å². The van der Waals surface area contributed by atoms with Crippen molar-refractivity contribution >= 4 is 11.0 Å². The van der Waals surface area contributed by atoms with Crippen LogP contribution < -0.4 is 5.32 Å². The minimum absolute atomic E-state index is 0.0216. The molecular weight excluding hydrogens is 381 g/mol. The number of halogens is 5. The second-order valence-electron chi connectivity index (χ2n) is 6.72. The highest BCUT2D eigenvalue weighted by atomic mass is 19.4. The largest absolute Gasteiger partial charge is 0.433 e. The lowest BCUT2D eigenvalue weighted by Crippen LogP contribution is -2.49. The maximum atomic E-state index is 13.6. The number of benzene rings is 1. The molecule has 2 heterocycles. The van der Waals surface area contributed by atoms with E-state index in [1.165, 1.54) is 0 Å². The quantitative estimate of drug-likeness (QED) is 0.648. The van der Waals surface area contributed by atoms with Crippen LogP contribution in [0.4, 0.5) is 22.0 Å². The van der Waals surface area contributed by atoms with Crippen molar-refractivity contribution in [1.29, 1.82) is 0 Å². The number of hydrogen-bond acceptors (Lipinski definition) is 4. The standard InChI is InChI=1S/C18H16F5N5/c19-16(20)28-12-5-2-1-4-11(12)26-14(28)10-25-17(7-3-8-17)15-24-9-6-13(27-15)18(21,22)23/h1-2,4-6,9,16,25H,3,7-8,10H2. The summed E-state index contributed by atoms with van der Waals surface area (Å²) in [5, 5.41) is 3.09. The molecule has 3 aromatic rings. The molecule has 0 spiro atoms. The van der Waals surface area contributed by atoms with Gasteiger partial charge in [0.15, 0.2) is 0 Å². The molecule has 1 aliphatic rings. The highest BCUT2D eigenvalue weighted by Gasteiger charge is 2.43. The molecule has 4 rings (SSSR count). The fraction of sp³-hybridized carbons (Fsp3) is 0.389. The summed E-state index contributed by atoms with van der Waals surface area (Å²) in [6.45, 7) is -2.83. The van der Waals surface area contributed by atoms with Crippen molar-refractivity contribution in [2.75, 3.05) is 0 Å². The Kier molecular flexibility index (Phi) is 4.53. The molecule has 1 aliphatic carbocycles. The molecule has 148 valence electrons. The van der Waals surface area contributed by atoms with Crippen molar-refractivity contribution in [3.05, 3.63) is 53.9 Å². The van der Waals surface area contributed by atoms with Crippen molar-refractivity contribution in [1.82, 2.24) is 24.8 Å². The third-order valence-electron chi connectivity index (χ3n) is 5.03. The van der Waals surface area contributed by atoms with Gasteiger partial charge in [-0.1, -0.05) is 12.1 Å². The monoisotopic (exact) mass is 397 g/mol. The Bertz CT molecular complexity index is 993. The first-order valence-corrected chi connectivity index (χ1v) is 8.70. The molecule has 1 saturated carbocycles. The van der Waals surface area contributed by atoms with E-state index in [0.29, 0.717) is 23.9 Å². The van der Waals surface area contributed by atoms with Gasteiger partial charge in [-0.25, -0.2) is 15.0 Å². The number of hydrogen-bond donors (Lipinski definition) is 1. The normalized spacial score (nSPS) is 16.5. The molecule has 0 bridgehead atoms. The highest BCUT2D eigenvalue weighted by Crippen LogP contribution is 2.41. The van der Waals surface area contributed by atoms with Crippen molar-refractivity contribution < 1.29 is 22.0 Å². The smallest absolute Gasteiger partial charge is 0.298 e. The van der Waals surface area contributed by atoms with Crippen LogP contribution >= 0.6 is 0 Å². The molecular formula is C18H16F5N5. The topological polar surface area (TPSA) is 55.6 Å². The average Bonchev–Trinajstić information content (AvgIpc) is 2.99. The number of rotatable bonds is 5. The van der Waals surface area contributed by atoms with E-state index in [4.69, 9.17) is 0 Å². The van der Waals surface area contributed by atoms with E-state index in [1.807, 2.05) is 0 Å². The molecule has 0 saturated heterocycles.